The van der Waals surface area contributed by atoms with E-state index in [0.29, 0.717) is 12.5 Å². The number of benzene rings is 1. The predicted molar refractivity (Wildman–Crippen MR) is 87.4 cm³/mol. The number of likely N-dealkylation sites (tertiary alicyclic amines) is 1. The molecule has 1 aliphatic rings. The van der Waals surface area contributed by atoms with Crippen LogP contribution in [0.5, 0.6) is 0 Å². The van der Waals surface area contributed by atoms with Gasteiger partial charge in [-0.1, -0.05) is 13.0 Å². The molecule has 1 fully saturated rings. The van der Waals surface area contributed by atoms with Gasteiger partial charge in [0.15, 0.2) is 0 Å². The molecule has 0 saturated carbocycles. The number of piperidine rings is 1. The minimum atomic E-state index is 0.154. The highest BCUT2D eigenvalue weighted by atomic mass is 16.2. The van der Waals surface area contributed by atoms with Crippen molar-refractivity contribution in [1.29, 1.82) is 0 Å². The van der Waals surface area contributed by atoms with Crippen molar-refractivity contribution in [2.45, 2.75) is 26.7 Å². The fourth-order valence-corrected chi connectivity index (χ4v) is 2.94. The van der Waals surface area contributed by atoms with Crippen molar-refractivity contribution >= 4 is 11.6 Å². The topological polar surface area (TPSA) is 75.9 Å². The summed E-state index contributed by atoms with van der Waals surface area (Å²) in [6, 6.07) is 5.92. The molecule has 1 aliphatic heterocycles. The number of tetrazole rings is 1. The maximum absolute atomic E-state index is 12.3. The Balaban J connectivity index is 1.64. The van der Waals surface area contributed by atoms with Gasteiger partial charge in [0, 0.05) is 18.8 Å². The summed E-state index contributed by atoms with van der Waals surface area (Å²) in [4.78, 5) is 14.3. The summed E-state index contributed by atoms with van der Waals surface area (Å²) in [7, 11) is 0. The Kier molecular flexibility index (Phi) is 4.55. The van der Waals surface area contributed by atoms with Crippen molar-refractivity contribution in [3.63, 3.8) is 0 Å². The first kappa shape index (κ1) is 15.5. The Labute approximate surface area is 135 Å². The lowest BCUT2D eigenvalue weighted by Crippen LogP contribution is -2.41. The lowest BCUT2D eigenvalue weighted by Gasteiger charge is -2.31. The Morgan fingerprint density at radius 2 is 2.30 bits per heavy atom. The first-order valence-corrected chi connectivity index (χ1v) is 7.99. The molecular formula is C16H22N6O. The monoisotopic (exact) mass is 314 g/mol. The van der Waals surface area contributed by atoms with Crippen LogP contribution in [0, 0.1) is 12.8 Å². The van der Waals surface area contributed by atoms with Crippen LogP contribution in [0.25, 0.3) is 5.69 Å². The molecule has 0 radical (unpaired) electrons. The smallest absolute Gasteiger partial charge is 0.241 e. The molecule has 3 rings (SSSR count). The van der Waals surface area contributed by atoms with E-state index in [0.717, 1.165) is 36.4 Å². The number of aryl methyl sites for hydroxylation is 1. The van der Waals surface area contributed by atoms with E-state index in [9.17, 15) is 4.79 Å². The molecule has 23 heavy (non-hydrogen) atoms. The molecule has 0 bridgehead atoms. The molecule has 1 aromatic heterocycles. The molecule has 7 heteroatoms. The Morgan fingerprint density at radius 1 is 1.43 bits per heavy atom. The quantitative estimate of drug-likeness (QED) is 0.928. The molecule has 1 aromatic carbocycles. The highest BCUT2D eigenvalue weighted by Gasteiger charge is 2.20. The number of nitrogens with zero attached hydrogens (tertiary/aromatic N) is 5. The van der Waals surface area contributed by atoms with E-state index in [4.69, 9.17) is 0 Å². The number of nitrogens with one attached hydrogen (secondary N) is 1. The first-order chi connectivity index (χ1) is 11.1. The van der Waals surface area contributed by atoms with Crippen molar-refractivity contribution in [3.05, 3.63) is 30.1 Å². The van der Waals surface area contributed by atoms with Gasteiger partial charge in [-0.05, 0) is 53.8 Å². The third-order valence-electron chi connectivity index (χ3n) is 4.26. The first-order valence-electron chi connectivity index (χ1n) is 7.99. The molecule has 1 N–H and O–H groups in total. The molecular weight excluding hydrogens is 292 g/mol. The van der Waals surface area contributed by atoms with Gasteiger partial charge in [0.25, 0.3) is 0 Å². The summed E-state index contributed by atoms with van der Waals surface area (Å²) in [5.41, 5.74) is 2.86. The van der Waals surface area contributed by atoms with Gasteiger partial charge in [0.05, 0.1) is 12.2 Å². The van der Waals surface area contributed by atoms with Gasteiger partial charge in [-0.25, -0.2) is 4.68 Å². The highest BCUT2D eigenvalue weighted by Crippen LogP contribution is 2.19. The maximum atomic E-state index is 12.3. The zero-order chi connectivity index (χ0) is 16.2. The predicted octanol–water partition coefficient (Wildman–Crippen LogP) is 1.64. The molecule has 2 heterocycles. The summed E-state index contributed by atoms with van der Waals surface area (Å²) in [5, 5.41) is 14.5. The van der Waals surface area contributed by atoms with Crippen LogP contribution >= 0.6 is 0 Å². The van der Waals surface area contributed by atoms with E-state index >= 15 is 0 Å². The summed E-state index contributed by atoms with van der Waals surface area (Å²) >= 11 is 0. The van der Waals surface area contributed by atoms with Crippen LogP contribution in [0.15, 0.2) is 24.5 Å². The lowest BCUT2D eigenvalue weighted by atomic mass is 10.0. The van der Waals surface area contributed by atoms with E-state index in [1.54, 1.807) is 11.0 Å². The minimum absolute atomic E-state index is 0.154. The normalized spacial score (nSPS) is 18.0. The van der Waals surface area contributed by atoms with Gasteiger partial charge < -0.3 is 10.2 Å². The third-order valence-corrected chi connectivity index (χ3v) is 4.26. The number of carbonyl (C=O) groups excluding carboxylic acids is 1. The molecule has 2 aromatic rings. The van der Waals surface area contributed by atoms with Gasteiger partial charge in [0.2, 0.25) is 5.91 Å². The molecule has 1 atom stereocenters. The fourth-order valence-electron chi connectivity index (χ4n) is 2.94. The molecule has 0 aliphatic carbocycles. The Hall–Kier alpha value is -2.44. The molecule has 122 valence electrons. The largest absolute Gasteiger partial charge is 0.376 e. The van der Waals surface area contributed by atoms with Crippen molar-refractivity contribution in [2.75, 3.05) is 25.0 Å². The second kappa shape index (κ2) is 6.76. The van der Waals surface area contributed by atoms with E-state index in [1.165, 1.54) is 6.42 Å². The van der Waals surface area contributed by atoms with Crippen LogP contribution in [-0.2, 0) is 4.79 Å². The zero-order valence-electron chi connectivity index (χ0n) is 13.6. The molecule has 1 saturated heterocycles. The van der Waals surface area contributed by atoms with Crippen molar-refractivity contribution in [3.8, 4) is 5.69 Å². The molecule has 7 nitrogen and oxygen atoms in total. The summed E-state index contributed by atoms with van der Waals surface area (Å²) in [5.74, 6) is 0.750. The van der Waals surface area contributed by atoms with Gasteiger partial charge in [-0.2, -0.15) is 0 Å². The number of hydrogen-bond donors (Lipinski definition) is 1. The number of hydrogen-bond acceptors (Lipinski definition) is 5. The van der Waals surface area contributed by atoms with Crippen LogP contribution in [0.2, 0.25) is 0 Å². The van der Waals surface area contributed by atoms with E-state index in [-0.39, 0.29) is 5.91 Å². The van der Waals surface area contributed by atoms with Gasteiger partial charge >= 0.3 is 0 Å². The molecule has 0 spiro atoms. The number of aromatic nitrogens is 4. The lowest BCUT2D eigenvalue weighted by molar-refractivity contribution is -0.130. The number of carbonyl (C=O) groups is 1. The van der Waals surface area contributed by atoms with Crippen molar-refractivity contribution in [1.82, 2.24) is 25.1 Å². The second-order valence-electron chi connectivity index (χ2n) is 6.20. The Bertz CT molecular complexity index is 669. The van der Waals surface area contributed by atoms with Crippen LogP contribution in [0.4, 0.5) is 5.69 Å². The van der Waals surface area contributed by atoms with Crippen molar-refractivity contribution in [2.24, 2.45) is 5.92 Å². The average molecular weight is 314 g/mol. The highest BCUT2D eigenvalue weighted by molar-refractivity contribution is 5.81. The second-order valence-corrected chi connectivity index (χ2v) is 6.20. The zero-order valence-corrected chi connectivity index (χ0v) is 13.6. The van der Waals surface area contributed by atoms with Crippen LogP contribution in [0.1, 0.15) is 25.3 Å². The summed E-state index contributed by atoms with van der Waals surface area (Å²) in [6.45, 7) is 6.25. The standard InChI is InChI=1S/C16H22N6O/c1-12-4-3-7-21(10-12)16(23)9-17-14-6-5-13(2)15(8-14)22-11-18-19-20-22/h5-6,8,11-12,17H,3-4,7,9-10H2,1-2H3/t12-/m1/s1. The fraction of sp³-hybridized carbons (Fsp3) is 0.500. The molecule has 1 amide bonds. The average Bonchev–Trinajstić information content (AvgIpc) is 3.08. The number of rotatable bonds is 4. The number of anilines is 1. The van der Waals surface area contributed by atoms with Gasteiger partial charge in [0.1, 0.15) is 6.33 Å². The Morgan fingerprint density at radius 3 is 3.04 bits per heavy atom. The summed E-state index contributed by atoms with van der Waals surface area (Å²) < 4.78 is 1.62. The summed E-state index contributed by atoms with van der Waals surface area (Å²) in [6.07, 6.45) is 3.87. The third kappa shape index (κ3) is 3.67. The van der Waals surface area contributed by atoms with Crippen LogP contribution < -0.4 is 5.32 Å². The van der Waals surface area contributed by atoms with Gasteiger partial charge in [-0.15, -0.1) is 5.10 Å². The van der Waals surface area contributed by atoms with Gasteiger partial charge in [-0.3, -0.25) is 4.79 Å². The SMILES string of the molecule is Cc1ccc(NCC(=O)N2CCC[C@@H](C)C2)cc1-n1cnnn1. The van der Waals surface area contributed by atoms with E-state index < -0.39 is 0 Å². The number of amides is 1. The minimum Gasteiger partial charge on any atom is -0.376 e. The maximum Gasteiger partial charge on any atom is 0.241 e. The van der Waals surface area contributed by atoms with Crippen molar-refractivity contribution < 1.29 is 4.79 Å². The van der Waals surface area contributed by atoms with Crippen LogP contribution in [0.3, 0.4) is 0 Å². The molecule has 0 unspecified atom stereocenters. The van der Waals surface area contributed by atoms with Crippen LogP contribution in [-0.4, -0.2) is 50.6 Å². The van der Waals surface area contributed by atoms with E-state index in [2.05, 4.69) is 27.8 Å². The van der Waals surface area contributed by atoms with E-state index in [1.807, 2.05) is 30.0 Å².